The topological polar surface area (TPSA) is 70.3 Å². The van der Waals surface area contributed by atoms with Crippen LogP contribution >= 0.6 is 0 Å². The molecule has 176 valence electrons. The summed E-state index contributed by atoms with van der Waals surface area (Å²) >= 11 is 0. The average Bonchev–Trinajstić information content (AvgIpc) is 3.66. The summed E-state index contributed by atoms with van der Waals surface area (Å²) in [7, 11) is 1.64. The number of anilines is 1. The van der Waals surface area contributed by atoms with Crippen molar-refractivity contribution in [3.8, 4) is 11.8 Å². The first kappa shape index (κ1) is 23.5. The van der Waals surface area contributed by atoms with E-state index in [2.05, 4.69) is 16.3 Å². The van der Waals surface area contributed by atoms with Crippen LogP contribution in [0.5, 0.6) is 5.75 Å². The summed E-state index contributed by atoms with van der Waals surface area (Å²) in [4.78, 5) is 15.3. The molecule has 0 bridgehead atoms. The molecule has 1 aromatic heterocycles. The Balaban J connectivity index is 1.52. The smallest absolute Gasteiger partial charge is 0.239 e. The molecule has 6 nitrogen and oxygen atoms in total. The van der Waals surface area contributed by atoms with Crippen molar-refractivity contribution in [2.75, 3.05) is 19.0 Å². The fourth-order valence-corrected chi connectivity index (χ4v) is 4.18. The predicted molar refractivity (Wildman–Crippen MR) is 129 cm³/mol. The fourth-order valence-electron chi connectivity index (χ4n) is 4.18. The highest BCUT2D eigenvalue weighted by Gasteiger charge is 2.31. The molecule has 0 saturated heterocycles. The lowest BCUT2D eigenvalue weighted by molar-refractivity contribution is -0.117. The molecule has 1 aliphatic rings. The largest absolute Gasteiger partial charge is 0.497 e. The van der Waals surface area contributed by atoms with Crippen LogP contribution in [0.2, 0.25) is 0 Å². The molecule has 0 radical (unpaired) electrons. The summed E-state index contributed by atoms with van der Waals surface area (Å²) < 4.78 is 20.5. The van der Waals surface area contributed by atoms with Crippen LogP contribution in [0.3, 0.4) is 0 Å². The van der Waals surface area contributed by atoms with E-state index in [9.17, 15) is 14.4 Å². The molecule has 1 saturated carbocycles. The van der Waals surface area contributed by atoms with Gasteiger partial charge in [0.25, 0.3) is 0 Å². The number of nitrogens with zero attached hydrogens (tertiary/aromatic N) is 3. The molecule has 3 aromatic rings. The number of rotatable bonds is 9. The second kappa shape index (κ2) is 10.1. The molecule has 0 spiro atoms. The zero-order valence-corrected chi connectivity index (χ0v) is 19.8. The van der Waals surface area contributed by atoms with E-state index in [1.54, 1.807) is 19.2 Å². The van der Waals surface area contributed by atoms with Crippen molar-refractivity contribution < 1.29 is 13.9 Å². The number of hydrogen-bond donors (Lipinski definition) is 1. The monoisotopic (exact) mass is 460 g/mol. The van der Waals surface area contributed by atoms with Crippen LogP contribution in [0.1, 0.15) is 40.8 Å². The van der Waals surface area contributed by atoms with Gasteiger partial charge < -0.3 is 14.6 Å². The van der Waals surface area contributed by atoms with E-state index in [0.717, 1.165) is 41.0 Å². The van der Waals surface area contributed by atoms with Crippen LogP contribution in [-0.2, 0) is 17.9 Å². The molecule has 34 heavy (non-hydrogen) atoms. The number of carbonyl (C=O) groups is 1. The molecule has 4 rings (SSSR count). The number of ether oxygens (including phenoxy) is 1. The third-order valence-electron chi connectivity index (χ3n) is 6.41. The van der Waals surface area contributed by atoms with Gasteiger partial charge in [-0.05, 0) is 67.6 Å². The first-order valence-electron chi connectivity index (χ1n) is 11.4. The lowest BCUT2D eigenvalue weighted by Crippen LogP contribution is -2.35. The number of benzene rings is 2. The van der Waals surface area contributed by atoms with Gasteiger partial charge in [0.15, 0.2) is 0 Å². The van der Waals surface area contributed by atoms with Gasteiger partial charge in [-0.25, -0.2) is 4.39 Å². The standard InChI is InChI=1S/C27H29FN4O2/c1-18-19(2)32(16-21-4-8-22(28)9-5-21)27(25(18)14-29)30-26(33)17-31(23-10-11-23)15-20-6-12-24(34-3)13-7-20/h4-9,12-13,23H,10-11,15-17H2,1-3H3,(H,30,33). The average molecular weight is 461 g/mol. The first-order chi connectivity index (χ1) is 16.4. The van der Waals surface area contributed by atoms with E-state index in [1.807, 2.05) is 42.7 Å². The molecule has 1 amide bonds. The van der Waals surface area contributed by atoms with Crippen LogP contribution in [-0.4, -0.2) is 35.1 Å². The summed E-state index contributed by atoms with van der Waals surface area (Å²) in [5, 5.41) is 12.8. The van der Waals surface area contributed by atoms with Crippen LogP contribution in [0.25, 0.3) is 0 Å². The van der Waals surface area contributed by atoms with Gasteiger partial charge in [0.1, 0.15) is 23.5 Å². The minimum atomic E-state index is -0.299. The van der Waals surface area contributed by atoms with Crippen molar-refractivity contribution in [2.45, 2.75) is 45.8 Å². The van der Waals surface area contributed by atoms with E-state index in [-0.39, 0.29) is 18.3 Å². The van der Waals surface area contributed by atoms with Crippen molar-refractivity contribution in [3.63, 3.8) is 0 Å². The summed E-state index contributed by atoms with van der Waals surface area (Å²) in [6.07, 6.45) is 2.15. The second-order valence-electron chi connectivity index (χ2n) is 8.79. The Morgan fingerprint density at radius 3 is 2.38 bits per heavy atom. The maximum atomic E-state index is 13.3. The van der Waals surface area contributed by atoms with Crippen LogP contribution in [0, 0.1) is 31.0 Å². The lowest BCUT2D eigenvalue weighted by Gasteiger charge is -2.22. The molecular formula is C27H29FN4O2. The van der Waals surface area contributed by atoms with Gasteiger partial charge in [-0.2, -0.15) is 5.26 Å². The molecule has 0 aliphatic heterocycles. The highest BCUT2D eigenvalue weighted by atomic mass is 19.1. The van der Waals surface area contributed by atoms with Crippen molar-refractivity contribution in [1.29, 1.82) is 5.26 Å². The number of aromatic nitrogens is 1. The zero-order valence-electron chi connectivity index (χ0n) is 19.8. The Bertz CT molecular complexity index is 1210. The highest BCUT2D eigenvalue weighted by Crippen LogP contribution is 2.30. The lowest BCUT2D eigenvalue weighted by atomic mass is 10.2. The number of amides is 1. The molecule has 0 unspecified atom stereocenters. The number of nitriles is 1. The molecule has 7 heteroatoms. The summed E-state index contributed by atoms with van der Waals surface area (Å²) in [6, 6.07) is 16.8. The Morgan fingerprint density at radius 1 is 1.15 bits per heavy atom. The summed E-state index contributed by atoms with van der Waals surface area (Å²) in [6.45, 7) is 5.14. The van der Waals surface area contributed by atoms with E-state index < -0.39 is 0 Å². The molecular weight excluding hydrogens is 431 g/mol. The van der Waals surface area contributed by atoms with Crippen molar-refractivity contribution in [2.24, 2.45) is 0 Å². The number of nitrogens with one attached hydrogen (secondary N) is 1. The number of carbonyl (C=O) groups excluding carboxylic acids is 1. The number of hydrogen-bond acceptors (Lipinski definition) is 4. The van der Waals surface area contributed by atoms with E-state index >= 15 is 0 Å². The van der Waals surface area contributed by atoms with Gasteiger partial charge in [0.2, 0.25) is 5.91 Å². The molecule has 1 fully saturated rings. The van der Waals surface area contributed by atoms with Gasteiger partial charge in [0, 0.05) is 24.8 Å². The normalized spacial score (nSPS) is 13.1. The first-order valence-corrected chi connectivity index (χ1v) is 11.4. The minimum Gasteiger partial charge on any atom is -0.497 e. The maximum absolute atomic E-state index is 13.3. The van der Waals surface area contributed by atoms with Gasteiger partial charge >= 0.3 is 0 Å². The van der Waals surface area contributed by atoms with E-state index in [0.29, 0.717) is 30.5 Å². The van der Waals surface area contributed by atoms with Crippen molar-refractivity contribution >= 4 is 11.7 Å². The van der Waals surface area contributed by atoms with Crippen molar-refractivity contribution in [3.05, 3.63) is 82.3 Å². The Kier molecular flexibility index (Phi) is 6.99. The van der Waals surface area contributed by atoms with E-state index in [1.165, 1.54) is 12.1 Å². The van der Waals surface area contributed by atoms with Crippen LogP contribution in [0.4, 0.5) is 10.2 Å². The fraction of sp³-hybridized carbons (Fsp3) is 0.333. The Labute approximate surface area is 199 Å². The molecule has 0 atom stereocenters. The van der Waals surface area contributed by atoms with Gasteiger partial charge in [-0.3, -0.25) is 9.69 Å². The summed E-state index contributed by atoms with van der Waals surface area (Å²) in [5.74, 6) is 0.838. The summed E-state index contributed by atoms with van der Waals surface area (Å²) in [5.41, 5.74) is 4.19. The van der Waals surface area contributed by atoms with Crippen LogP contribution in [0.15, 0.2) is 48.5 Å². The molecule has 1 aliphatic carbocycles. The van der Waals surface area contributed by atoms with E-state index in [4.69, 9.17) is 4.74 Å². The maximum Gasteiger partial charge on any atom is 0.239 e. The van der Waals surface area contributed by atoms with Gasteiger partial charge in [-0.15, -0.1) is 0 Å². The molecule has 2 aromatic carbocycles. The highest BCUT2D eigenvalue weighted by molar-refractivity contribution is 5.93. The van der Waals surface area contributed by atoms with Crippen molar-refractivity contribution in [1.82, 2.24) is 9.47 Å². The molecule has 1 N–H and O–H groups in total. The van der Waals surface area contributed by atoms with Crippen LogP contribution < -0.4 is 10.1 Å². The quantitative estimate of drug-likeness (QED) is 0.499. The van der Waals surface area contributed by atoms with Gasteiger partial charge in [0.05, 0.1) is 19.2 Å². The third kappa shape index (κ3) is 5.29. The SMILES string of the molecule is COc1ccc(CN(CC(=O)Nc2c(C#N)c(C)c(C)n2Cc2ccc(F)cc2)C2CC2)cc1. The number of halogens is 1. The third-order valence-corrected chi connectivity index (χ3v) is 6.41. The predicted octanol–water partition coefficient (Wildman–Crippen LogP) is 4.78. The Hall–Kier alpha value is -3.63. The Morgan fingerprint density at radius 2 is 1.79 bits per heavy atom. The zero-order chi connectivity index (χ0) is 24.2. The second-order valence-corrected chi connectivity index (χ2v) is 8.79. The number of methoxy groups -OCH3 is 1. The van der Waals surface area contributed by atoms with Gasteiger partial charge in [-0.1, -0.05) is 24.3 Å². The minimum absolute atomic E-state index is 0.158. The molecule has 1 heterocycles.